The first-order valence-corrected chi connectivity index (χ1v) is 7.65. The Bertz CT molecular complexity index is 471. The molecule has 0 saturated heterocycles. The van der Waals surface area contributed by atoms with Crippen LogP contribution in [0.3, 0.4) is 0 Å². The monoisotopic (exact) mass is 347 g/mol. The third-order valence-corrected chi connectivity index (χ3v) is 3.58. The van der Waals surface area contributed by atoms with Gasteiger partial charge in [-0.15, -0.1) is 0 Å². The van der Waals surface area contributed by atoms with Gasteiger partial charge in [0.2, 0.25) is 5.91 Å². The van der Waals surface area contributed by atoms with Gasteiger partial charge in [-0.2, -0.15) is 0 Å². The molecule has 0 aromatic heterocycles. The molecule has 1 amide bonds. The highest BCUT2D eigenvalue weighted by Gasteiger charge is 2.25. The first-order chi connectivity index (χ1) is 9.24. The maximum Gasteiger partial charge on any atom is 0.224 e. The molecule has 5 heteroatoms. The molecule has 0 fully saturated rings. The van der Waals surface area contributed by atoms with Crippen LogP contribution < -0.4 is 5.32 Å². The van der Waals surface area contributed by atoms with E-state index >= 15 is 0 Å². The second kappa shape index (κ2) is 7.16. The summed E-state index contributed by atoms with van der Waals surface area (Å²) in [7, 11) is 0. The Morgan fingerprint density at radius 3 is 2.45 bits per heavy atom. The lowest BCUT2D eigenvalue weighted by Crippen LogP contribution is -2.44. The number of nitrogens with one attached hydrogen (secondary N) is 1. The predicted octanol–water partition coefficient (Wildman–Crippen LogP) is 3.82. The summed E-state index contributed by atoms with van der Waals surface area (Å²) in [5.41, 5.74) is 0.408. The predicted molar refractivity (Wildman–Crippen MR) is 79.9 cm³/mol. The average Bonchev–Trinajstić information content (AvgIpc) is 2.32. The van der Waals surface area contributed by atoms with E-state index in [1.54, 1.807) is 0 Å². The summed E-state index contributed by atoms with van der Waals surface area (Å²) in [5.74, 6) is -2.01. The number of hydrogen-bond donors (Lipinski definition) is 1. The molecule has 112 valence electrons. The molecule has 20 heavy (non-hydrogen) atoms. The van der Waals surface area contributed by atoms with Crippen molar-refractivity contribution in [2.75, 3.05) is 5.33 Å². The van der Waals surface area contributed by atoms with Crippen LogP contribution in [0.1, 0.15) is 32.8 Å². The number of halogens is 3. The minimum atomic E-state index is -0.928. The van der Waals surface area contributed by atoms with Gasteiger partial charge in [0.05, 0.1) is 6.42 Å². The molecule has 0 bridgehead atoms. The fourth-order valence-corrected chi connectivity index (χ4v) is 2.37. The van der Waals surface area contributed by atoms with E-state index in [0.717, 1.165) is 23.9 Å². The number of hydrogen-bond acceptors (Lipinski definition) is 1. The Hall–Kier alpha value is -0.970. The van der Waals surface area contributed by atoms with E-state index in [0.29, 0.717) is 5.56 Å². The van der Waals surface area contributed by atoms with Crippen molar-refractivity contribution in [3.8, 4) is 0 Å². The van der Waals surface area contributed by atoms with Gasteiger partial charge in [-0.25, -0.2) is 8.78 Å². The van der Waals surface area contributed by atoms with Gasteiger partial charge in [0, 0.05) is 11.4 Å². The van der Waals surface area contributed by atoms with Crippen LogP contribution in [0, 0.1) is 17.0 Å². The van der Waals surface area contributed by atoms with Crippen molar-refractivity contribution < 1.29 is 13.6 Å². The molecule has 0 spiro atoms. The van der Waals surface area contributed by atoms with Crippen LogP contribution in [-0.2, 0) is 11.2 Å². The standard InChI is InChI=1S/C15H20BrF2NO/c1-15(2,3)13(6-7-16)19-14(20)9-10-4-5-11(17)12(18)8-10/h4-5,8,13H,6-7,9H2,1-3H3,(H,19,20). The molecule has 1 unspecified atom stereocenters. The minimum absolute atomic E-state index is 0.0275. The van der Waals surface area contributed by atoms with Crippen molar-refractivity contribution in [2.24, 2.45) is 5.41 Å². The van der Waals surface area contributed by atoms with Crippen LogP contribution in [0.25, 0.3) is 0 Å². The van der Waals surface area contributed by atoms with Gasteiger partial charge in [-0.1, -0.05) is 42.8 Å². The molecular weight excluding hydrogens is 328 g/mol. The summed E-state index contributed by atoms with van der Waals surface area (Å²) < 4.78 is 25.9. The van der Waals surface area contributed by atoms with E-state index in [-0.39, 0.29) is 23.8 Å². The van der Waals surface area contributed by atoms with E-state index in [9.17, 15) is 13.6 Å². The van der Waals surface area contributed by atoms with Crippen LogP contribution in [-0.4, -0.2) is 17.3 Å². The summed E-state index contributed by atoms with van der Waals surface area (Å²) in [6.07, 6.45) is 0.860. The summed E-state index contributed by atoms with van der Waals surface area (Å²) in [6.45, 7) is 6.16. The Morgan fingerprint density at radius 2 is 1.95 bits per heavy atom. The van der Waals surface area contributed by atoms with Gasteiger partial charge >= 0.3 is 0 Å². The normalized spacial score (nSPS) is 13.1. The zero-order valence-corrected chi connectivity index (χ0v) is 13.6. The van der Waals surface area contributed by atoms with Gasteiger partial charge in [0.1, 0.15) is 0 Å². The molecule has 0 aliphatic rings. The van der Waals surface area contributed by atoms with Crippen LogP contribution in [0.4, 0.5) is 8.78 Å². The second-order valence-corrected chi connectivity index (χ2v) is 6.68. The van der Waals surface area contributed by atoms with Crippen molar-refractivity contribution in [3.63, 3.8) is 0 Å². The van der Waals surface area contributed by atoms with Crippen molar-refractivity contribution in [2.45, 2.75) is 39.7 Å². The Labute approximate surface area is 127 Å². The maximum atomic E-state index is 13.1. The highest BCUT2D eigenvalue weighted by atomic mass is 79.9. The van der Waals surface area contributed by atoms with Crippen molar-refractivity contribution in [3.05, 3.63) is 35.4 Å². The molecule has 1 aromatic carbocycles. The van der Waals surface area contributed by atoms with Gasteiger partial charge in [-0.3, -0.25) is 4.79 Å². The number of amides is 1. The Balaban J connectivity index is 2.68. The molecule has 1 N–H and O–H groups in total. The highest BCUT2D eigenvalue weighted by Crippen LogP contribution is 2.22. The maximum absolute atomic E-state index is 13.1. The summed E-state index contributed by atoms with van der Waals surface area (Å²) in [5, 5.41) is 3.75. The Kier molecular flexibility index (Phi) is 6.11. The number of carbonyl (C=O) groups excluding carboxylic acids is 1. The lowest BCUT2D eigenvalue weighted by atomic mass is 9.85. The molecule has 0 aliphatic carbocycles. The molecule has 0 aliphatic heterocycles. The van der Waals surface area contributed by atoms with Crippen molar-refractivity contribution in [1.29, 1.82) is 0 Å². The zero-order chi connectivity index (χ0) is 15.3. The van der Waals surface area contributed by atoms with Crippen LogP contribution in [0.2, 0.25) is 0 Å². The summed E-state index contributed by atoms with van der Waals surface area (Å²) in [6, 6.07) is 3.55. The molecule has 1 rings (SSSR count). The lowest BCUT2D eigenvalue weighted by Gasteiger charge is -2.31. The fraction of sp³-hybridized carbons (Fsp3) is 0.533. The van der Waals surface area contributed by atoms with Gasteiger partial charge in [0.15, 0.2) is 11.6 Å². The second-order valence-electron chi connectivity index (χ2n) is 5.89. The van der Waals surface area contributed by atoms with Crippen LogP contribution in [0.5, 0.6) is 0 Å². The van der Waals surface area contributed by atoms with Crippen LogP contribution in [0.15, 0.2) is 18.2 Å². The lowest BCUT2D eigenvalue weighted by molar-refractivity contribution is -0.121. The van der Waals surface area contributed by atoms with Gasteiger partial charge in [0.25, 0.3) is 0 Å². The largest absolute Gasteiger partial charge is 0.353 e. The molecule has 0 saturated carbocycles. The van der Waals surface area contributed by atoms with Gasteiger partial charge in [-0.05, 0) is 29.5 Å². The zero-order valence-electron chi connectivity index (χ0n) is 12.0. The SMILES string of the molecule is CC(C)(C)C(CCBr)NC(=O)Cc1ccc(F)c(F)c1. The van der Waals surface area contributed by atoms with Gasteiger partial charge < -0.3 is 5.32 Å². The summed E-state index contributed by atoms with van der Waals surface area (Å²) in [4.78, 5) is 12.0. The first kappa shape index (κ1) is 17.1. The summed E-state index contributed by atoms with van der Waals surface area (Å²) >= 11 is 3.37. The molecule has 1 aromatic rings. The fourth-order valence-electron chi connectivity index (χ4n) is 1.91. The molecule has 0 radical (unpaired) electrons. The first-order valence-electron chi connectivity index (χ1n) is 6.53. The molecule has 1 atom stereocenters. The number of benzene rings is 1. The Morgan fingerprint density at radius 1 is 1.30 bits per heavy atom. The molecular formula is C15H20BrF2NO. The quantitative estimate of drug-likeness (QED) is 0.806. The third-order valence-electron chi connectivity index (χ3n) is 3.13. The number of alkyl halides is 1. The number of rotatable bonds is 5. The van der Waals surface area contributed by atoms with Crippen molar-refractivity contribution in [1.82, 2.24) is 5.32 Å². The third kappa shape index (κ3) is 5.19. The van der Waals surface area contributed by atoms with E-state index in [1.807, 2.05) is 0 Å². The average molecular weight is 348 g/mol. The molecule has 2 nitrogen and oxygen atoms in total. The van der Waals surface area contributed by atoms with E-state index in [2.05, 4.69) is 42.0 Å². The smallest absolute Gasteiger partial charge is 0.224 e. The van der Waals surface area contributed by atoms with Crippen LogP contribution >= 0.6 is 15.9 Å². The topological polar surface area (TPSA) is 29.1 Å². The minimum Gasteiger partial charge on any atom is -0.353 e. The number of carbonyl (C=O) groups is 1. The van der Waals surface area contributed by atoms with E-state index < -0.39 is 11.6 Å². The highest BCUT2D eigenvalue weighted by molar-refractivity contribution is 9.09. The molecule has 0 heterocycles. The van der Waals surface area contributed by atoms with E-state index in [1.165, 1.54) is 6.07 Å². The van der Waals surface area contributed by atoms with E-state index in [4.69, 9.17) is 0 Å². The van der Waals surface area contributed by atoms with Crippen molar-refractivity contribution >= 4 is 21.8 Å².